The molecule has 108 valence electrons. The van der Waals surface area contributed by atoms with Crippen molar-refractivity contribution < 1.29 is 0 Å². The molecule has 1 aliphatic heterocycles. The first-order valence-corrected chi connectivity index (χ1v) is 6.79. The smallest absolute Gasteiger partial charge is 0.133 e. The van der Waals surface area contributed by atoms with Crippen LogP contribution < -0.4 is 5.32 Å². The summed E-state index contributed by atoms with van der Waals surface area (Å²) in [4.78, 5) is 6.79. The fourth-order valence-electron chi connectivity index (χ4n) is 2.74. The SMILES string of the molecule is Cl.Cl.Clc1ncccc1[C@@H](C1CC1)N1CCNCC1. The molecule has 1 atom stereocenters. The third-order valence-corrected chi connectivity index (χ3v) is 4.04. The number of halogens is 3. The molecule has 0 unspecified atom stereocenters. The number of nitrogens with one attached hydrogen (secondary N) is 1. The van der Waals surface area contributed by atoms with Crippen LogP contribution in [0.1, 0.15) is 24.4 Å². The molecule has 0 radical (unpaired) electrons. The van der Waals surface area contributed by atoms with Gasteiger partial charge in [-0.2, -0.15) is 0 Å². The molecule has 3 rings (SSSR count). The van der Waals surface area contributed by atoms with Gasteiger partial charge in [-0.05, 0) is 24.8 Å². The van der Waals surface area contributed by atoms with E-state index in [9.17, 15) is 0 Å². The van der Waals surface area contributed by atoms with Gasteiger partial charge in [-0.15, -0.1) is 24.8 Å². The summed E-state index contributed by atoms with van der Waals surface area (Å²) in [6.07, 6.45) is 4.44. The number of hydrogen-bond donors (Lipinski definition) is 1. The zero-order valence-corrected chi connectivity index (χ0v) is 13.1. The number of hydrogen-bond acceptors (Lipinski definition) is 3. The quantitative estimate of drug-likeness (QED) is 0.867. The lowest BCUT2D eigenvalue weighted by molar-refractivity contribution is 0.156. The molecular formula is C13H20Cl3N3. The van der Waals surface area contributed by atoms with Crippen LogP contribution in [-0.2, 0) is 0 Å². The van der Waals surface area contributed by atoms with E-state index in [1.807, 2.05) is 6.07 Å². The molecule has 1 saturated carbocycles. The molecule has 19 heavy (non-hydrogen) atoms. The monoisotopic (exact) mass is 323 g/mol. The summed E-state index contributed by atoms with van der Waals surface area (Å²) in [7, 11) is 0. The number of pyridine rings is 1. The molecule has 2 heterocycles. The van der Waals surface area contributed by atoms with Gasteiger partial charge < -0.3 is 5.32 Å². The van der Waals surface area contributed by atoms with Crippen molar-refractivity contribution in [2.75, 3.05) is 26.2 Å². The number of piperazine rings is 1. The summed E-state index contributed by atoms with van der Waals surface area (Å²) < 4.78 is 0. The highest BCUT2D eigenvalue weighted by molar-refractivity contribution is 6.30. The molecule has 0 aromatic carbocycles. The summed E-state index contributed by atoms with van der Waals surface area (Å²) in [6, 6.07) is 4.62. The summed E-state index contributed by atoms with van der Waals surface area (Å²) in [5.74, 6) is 0.787. The second-order valence-corrected chi connectivity index (χ2v) is 5.31. The highest BCUT2D eigenvalue weighted by Crippen LogP contribution is 2.45. The van der Waals surface area contributed by atoms with Crippen molar-refractivity contribution in [3.63, 3.8) is 0 Å². The topological polar surface area (TPSA) is 28.2 Å². The van der Waals surface area contributed by atoms with Crippen LogP contribution in [-0.4, -0.2) is 36.1 Å². The molecular weight excluding hydrogens is 305 g/mol. The Morgan fingerprint density at radius 1 is 1.26 bits per heavy atom. The minimum Gasteiger partial charge on any atom is -0.314 e. The van der Waals surface area contributed by atoms with Crippen molar-refractivity contribution in [3.05, 3.63) is 29.0 Å². The zero-order chi connectivity index (χ0) is 11.7. The molecule has 1 saturated heterocycles. The van der Waals surface area contributed by atoms with Gasteiger partial charge in [0, 0.05) is 44.0 Å². The van der Waals surface area contributed by atoms with Gasteiger partial charge in [0.15, 0.2) is 0 Å². The predicted molar refractivity (Wildman–Crippen MR) is 83.7 cm³/mol. The van der Waals surface area contributed by atoms with E-state index < -0.39 is 0 Å². The van der Waals surface area contributed by atoms with Crippen LogP contribution in [0.15, 0.2) is 18.3 Å². The average molecular weight is 325 g/mol. The molecule has 6 heteroatoms. The molecule has 1 aliphatic carbocycles. The Morgan fingerprint density at radius 2 is 1.95 bits per heavy atom. The molecule has 1 aromatic heterocycles. The van der Waals surface area contributed by atoms with Crippen LogP contribution in [0.5, 0.6) is 0 Å². The first-order valence-electron chi connectivity index (χ1n) is 6.41. The maximum Gasteiger partial charge on any atom is 0.133 e. The molecule has 0 amide bonds. The van der Waals surface area contributed by atoms with Crippen LogP contribution in [0.25, 0.3) is 0 Å². The van der Waals surface area contributed by atoms with Gasteiger partial charge in [0.05, 0.1) is 0 Å². The van der Waals surface area contributed by atoms with E-state index in [-0.39, 0.29) is 24.8 Å². The number of rotatable bonds is 3. The van der Waals surface area contributed by atoms with Gasteiger partial charge >= 0.3 is 0 Å². The molecule has 3 nitrogen and oxygen atoms in total. The predicted octanol–water partition coefficient (Wildman–Crippen LogP) is 2.93. The lowest BCUT2D eigenvalue weighted by atomic mass is 10.0. The van der Waals surface area contributed by atoms with Crippen molar-refractivity contribution in [2.45, 2.75) is 18.9 Å². The van der Waals surface area contributed by atoms with Crippen molar-refractivity contribution in [2.24, 2.45) is 5.92 Å². The Hall–Kier alpha value is -0.0600. The average Bonchev–Trinajstić information content (AvgIpc) is 3.18. The van der Waals surface area contributed by atoms with Crippen molar-refractivity contribution in [1.82, 2.24) is 15.2 Å². The van der Waals surface area contributed by atoms with Crippen molar-refractivity contribution in [3.8, 4) is 0 Å². The molecule has 0 bridgehead atoms. The van der Waals surface area contributed by atoms with E-state index in [2.05, 4.69) is 21.3 Å². The Balaban J connectivity index is 0.000000902. The highest BCUT2D eigenvalue weighted by Gasteiger charge is 2.37. The van der Waals surface area contributed by atoms with Crippen LogP contribution >= 0.6 is 36.4 Å². The summed E-state index contributed by atoms with van der Waals surface area (Å²) in [5.41, 5.74) is 1.22. The van der Waals surface area contributed by atoms with Crippen molar-refractivity contribution >= 4 is 36.4 Å². The normalized spacial score (nSPS) is 21.1. The molecule has 1 N–H and O–H groups in total. The lowest BCUT2D eigenvalue weighted by Crippen LogP contribution is -2.45. The maximum atomic E-state index is 6.26. The van der Waals surface area contributed by atoms with Gasteiger partial charge in [-0.3, -0.25) is 4.90 Å². The van der Waals surface area contributed by atoms with Gasteiger partial charge in [0.25, 0.3) is 0 Å². The molecule has 0 spiro atoms. The van der Waals surface area contributed by atoms with E-state index in [0.717, 1.165) is 32.1 Å². The van der Waals surface area contributed by atoms with Gasteiger partial charge in [-0.1, -0.05) is 17.7 Å². The highest BCUT2D eigenvalue weighted by atomic mass is 35.5. The minimum atomic E-state index is 0. The van der Waals surface area contributed by atoms with E-state index >= 15 is 0 Å². The van der Waals surface area contributed by atoms with Gasteiger partial charge in [0.1, 0.15) is 5.15 Å². The van der Waals surface area contributed by atoms with E-state index in [1.165, 1.54) is 18.4 Å². The number of nitrogens with zero attached hydrogens (tertiary/aromatic N) is 2. The van der Waals surface area contributed by atoms with E-state index in [4.69, 9.17) is 11.6 Å². The van der Waals surface area contributed by atoms with Crippen LogP contribution in [0.2, 0.25) is 5.15 Å². The largest absolute Gasteiger partial charge is 0.314 e. The van der Waals surface area contributed by atoms with Crippen LogP contribution in [0.3, 0.4) is 0 Å². The fraction of sp³-hybridized carbons (Fsp3) is 0.615. The Morgan fingerprint density at radius 3 is 2.53 bits per heavy atom. The maximum absolute atomic E-state index is 6.26. The van der Waals surface area contributed by atoms with Gasteiger partial charge in [0.2, 0.25) is 0 Å². The fourth-order valence-corrected chi connectivity index (χ4v) is 2.97. The first-order chi connectivity index (χ1) is 8.36. The number of aromatic nitrogens is 1. The second-order valence-electron chi connectivity index (χ2n) is 4.95. The standard InChI is InChI=1S/C13H18ClN3.2ClH/c14-13-11(2-1-5-16-13)12(10-3-4-10)17-8-6-15-7-9-17;;/h1-2,5,10,12,15H,3-4,6-9H2;2*1H/t12-;;/m1../s1. The summed E-state index contributed by atoms with van der Waals surface area (Å²) in [6.45, 7) is 4.40. The van der Waals surface area contributed by atoms with Crippen LogP contribution in [0.4, 0.5) is 0 Å². The molecule has 2 fully saturated rings. The third kappa shape index (κ3) is 3.96. The molecule has 2 aliphatic rings. The summed E-state index contributed by atoms with van der Waals surface area (Å²) in [5, 5.41) is 4.09. The Kier molecular flexibility index (Phi) is 6.84. The Bertz CT molecular complexity index is 392. The zero-order valence-electron chi connectivity index (χ0n) is 10.7. The summed E-state index contributed by atoms with van der Waals surface area (Å²) >= 11 is 6.26. The first kappa shape index (κ1) is 17.0. The minimum absolute atomic E-state index is 0. The Labute approximate surface area is 131 Å². The van der Waals surface area contributed by atoms with Gasteiger partial charge in [-0.25, -0.2) is 4.98 Å². The van der Waals surface area contributed by atoms with Crippen LogP contribution in [0, 0.1) is 5.92 Å². The van der Waals surface area contributed by atoms with Crippen molar-refractivity contribution in [1.29, 1.82) is 0 Å². The van der Waals surface area contributed by atoms with E-state index in [1.54, 1.807) is 6.20 Å². The third-order valence-electron chi connectivity index (χ3n) is 3.72. The lowest BCUT2D eigenvalue weighted by Gasteiger charge is -2.35. The van der Waals surface area contributed by atoms with E-state index in [0.29, 0.717) is 11.2 Å². The second kappa shape index (κ2) is 7.65. The molecule has 1 aromatic rings.